The van der Waals surface area contributed by atoms with E-state index in [1.807, 2.05) is 35.7 Å². The molecule has 9 heteroatoms. The minimum atomic E-state index is -3.75. The maximum Gasteiger partial charge on any atom is 0.249 e. The lowest BCUT2D eigenvalue weighted by molar-refractivity contribution is 0.144. The number of likely N-dealkylation sites (tertiary alicyclic amines) is 1. The summed E-state index contributed by atoms with van der Waals surface area (Å²) < 4.78 is 34.9. The van der Waals surface area contributed by atoms with Gasteiger partial charge in [0.05, 0.1) is 12.6 Å². The fraction of sp³-hybridized carbons (Fsp3) is 0.300. The van der Waals surface area contributed by atoms with Crippen LogP contribution >= 0.6 is 11.3 Å². The molecule has 0 unspecified atom stereocenters. The van der Waals surface area contributed by atoms with Crippen LogP contribution in [0.1, 0.15) is 10.6 Å². The zero-order chi connectivity index (χ0) is 19.8. The number of sulfonamides is 1. The number of benzene rings is 1. The number of hydrogen-bond acceptors (Lipinski definition) is 7. The Kier molecular flexibility index (Phi) is 4.83. The molecule has 150 valence electrons. The van der Waals surface area contributed by atoms with Gasteiger partial charge in [-0.25, -0.2) is 18.4 Å². The molecular weight excluding hydrogens is 408 g/mol. The highest BCUT2D eigenvalue weighted by Gasteiger charge is 2.47. The monoisotopic (exact) mass is 428 g/mol. The second kappa shape index (κ2) is 7.49. The van der Waals surface area contributed by atoms with E-state index in [9.17, 15) is 8.42 Å². The topological polar surface area (TPSA) is 75.6 Å². The van der Waals surface area contributed by atoms with Crippen LogP contribution in [0.4, 0.5) is 0 Å². The van der Waals surface area contributed by atoms with Gasteiger partial charge in [-0.3, -0.25) is 4.90 Å². The van der Waals surface area contributed by atoms with Crippen LogP contribution in [0.5, 0.6) is 5.88 Å². The molecule has 0 radical (unpaired) electrons. The molecule has 7 nitrogen and oxygen atoms in total. The lowest BCUT2D eigenvalue weighted by Crippen LogP contribution is -2.46. The van der Waals surface area contributed by atoms with Crippen LogP contribution in [0.2, 0.25) is 0 Å². The van der Waals surface area contributed by atoms with E-state index in [4.69, 9.17) is 4.74 Å². The first kappa shape index (κ1) is 18.7. The van der Waals surface area contributed by atoms with Crippen LogP contribution < -0.4 is 4.74 Å². The van der Waals surface area contributed by atoms with E-state index in [0.29, 0.717) is 26.2 Å². The van der Waals surface area contributed by atoms with Crippen LogP contribution in [-0.2, 0) is 23.1 Å². The van der Waals surface area contributed by atoms with Crippen LogP contribution in [0.15, 0.2) is 65.1 Å². The molecule has 2 aliphatic rings. The van der Waals surface area contributed by atoms with Gasteiger partial charge in [0.1, 0.15) is 16.0 Å². The van der Waals surface area contributed by atoms with Crippen molar-refractivity contribution in [2.75, 3.05) is 13.1 Å². The third kappa shape index (κ3) is 3.55. The number of pyridine rings is 1. The maximum atomic E-state index is 13.6. The number of rotatable bonds is 4. The van der Waals surface area contributed by atoms with Crippen molar-refractivity contribution < 1.29 is 13.2 Å². The highest BCUT2D eigenvalue weighted by Crippen LogP contribution is 2.36. The summed E-state index contributed by atoms with van der Waals surface area (Å²) in [6, 6.07) is 12.6. The Morgan fingerprint density at radius 2 is 1.90 bits per heavy atom. The number of hydrogen-bond donors (Lipinski definition) is 0. The van der Waals surface area contributed by atoms with Crippen molar-refractivity contribution in [1.29, 1.82) is 0 Å². The number of ether oxygens (including phenoxy) is 1. The van der Waals surface area contributed by atoms with E-state index >= 15 is 0 Å². The smallest absolute Gasteiger partial charge is 0.249 e. The van der Waals surface area contributed by atoms with Gasteiger partial charge in [-0.05, 0) is 17.7 Å². The summed E-state index contributed by atoms with van der Waals surface area (Å²) in [6.45, 7) is 2.20. The van der Waals surface area contributed by atoms with Crippen molar-refractivity contribution in [2.24, 2.45) is 0 Å². The Morgan fingerprint density at radius 1 is 1.03 bits per heavy atom. The molecule has 1 saturated heterocycles. The second-order valence-electron chi connectivity index (χ2n) is 7.19. The fourth-order valence-electron chi connectivity index (χ4n) is 3.95. The third-order valence-electron chi connectivity index (χ3n) is 5.29. The van der Waals surface area contributed by atoms with Gasteiger partial charge in [0, 0.05) is 37.4 Å². The Hall–Kier alpha value is -2.33. The SMILES string of the molecule is O=S1(=O)c2cccnc2O[C@@H]2CN(Cc3nccs3)C[C@@H]2N1Cc1ccccc1. The van der Waals surface area contributed by atoms with Gasteiger partial charge in [0.2, 0.25) is 15.9 Å². The van der Waals surface area contributed by atoms with Crippen molar-refractivity contribution in [3.8, 4) is 5.88 Å². The quantitative estimate of drug-likeness (QED) is 0.635. The van der Waals surface area contributed by atoms with E-state index in [-0.39, 0.29) is 22.9 Å². The normalized spacial score (nSPS) is 23.7. The van der Waals surface area contributed by atoms with Crippen molar-refractivity contribution >= 4 is 21.4 Å². The highest BCUT2D eigenvalue weighted by atomic mass is 32.2. The first-order valence-corrected chi connectivity index (χ1v) is 11.7. The average Bonchev–Trinajstić information content (AvgIpc) is 3.36. The van der Waals surface area contributed by atoms with Gasteiger partial charge >= 0.3 is 0 Å². The predicted octanol–water partition coefficient (Wildman–Crippen LogP) is 2.37. The molecule has 2 aromatic heterocycles. The molecule has 29 heavy (non-hydrogen) atoms. The van der Waals surface area contributed by atoms with Gasteiger partial charge < -0.3 is 4.74 Å². The molecule has 2 aliphatic heterocycles. The maximum absolute atomic E-state index is 13.6. The predicted molar refractivity (Wildman–Crippen MR) is 109 cm³/mol. The Morgan fingerprint density at radius 3 is 2.69 bits per heavy atom. The summed E-state index contributed by atoms with van der Waals surface area (Å²) in [5.74, 6) is 0.189. The lowest BCUT2D eigenvalue weighted by Gasteiger charge is -2.28. The summed E-state index contributed by atoms with van der Waals surface area (Å²) >= 11 is 1.60. The Bertz CT molecular complexity index is 1090. The highest BCUT2D eigenvalue weighted by molar-refractivity contribution is 7.89. The van der Waals surface area contributed by atoms with Gasteiger partial charge in [-0.1, -0.05) is 30.3 Å². The number of thiazole rings is 1. The molecule has 0 bridgehead atoms. The molecule has 1 aromatic carbocycles. The molecule has 5 rings (SSSR count). The van der Waals surface area contributed by atoms with Gasteiger partial charge in [-0.15, -0.1) is 11.3 Å². The van der Waals surface area contributed by atoms with Gasteiger partial charge in [-0.2, -0.15) is 4.31 Å². The van der Waals surface area contributed by atoms with Crippen molar-refractivity contribution in [3.05, 3.63) is 70.8 Å². The van der Waals surface area contributed by atoms with Crippen LogP contribution in [0.25, 0.3) is 0 Å². The fourth-order valence-corrected chi connectivity index (χ4v) is 6.31. The molecule has 0 amide bonds. The molecule has 0 saturated carbocycles. The average molecular weight is 429 g/mol. The first-order valence-electron chi connectivity index (χ1n) is 9.39. The van der Waals surface area contributed by atoms with Gasteiger partial charge in [0.25, 0.3) is 0 Å². The first-order chi connectivity index (χ1) is 14.1. The van der Waals surface area contributed by atoms with Crippen LogP contribution in [-0.4, -0.2) is 52.8 Å². The second-order valence-corrected chi connectivity index (χ2v) is 10.0. The standard InChI is InChI=1S/C20H20N4O3S2/c25-29(26)18-7-4-8-22-20(18)27-17-13-23(14-19-21-9-10-28-19)12-16(17)24(29)11-15-5-2-1-3-6-15/h1-10,16-17H,11-14H2/t16-,17+/m0/s1. The van der Waals surface area contributed by atoms with E-state index < -0.39 is 10.0 Å². The number of aromatic nitrogens is 2. The van der Waals surface area contributed by atoms with Crippen molar-refractivity contribution in [1.82, 2.24) is 19.2 Å². The van der Waals surface area contributed by atoms with Crippen molar-refractivity contribution in [3.63, 3.8) is 0 Å². The largest absolute Gasteiger partial charge is 0.470 e. The zero-order valence-corrected chi connectivity index (χ0v) is 17.2. The zero-order valence-electron chi connectivity index (χ0n) is 15.6. The molecule has 1 fully saturated rings. The summed E-state index contributed by atoms with van der Waals surface area (Å²) in [6.07, 6.45) is 3.07. The Balaban J connectivity index is 1.52. The number of fused-ring (bicyclic) bond motifs is 2. The molecule has 0 aliphatic carbocycles. The van der Waals surface area contributed by atoms with Crippen molar-refractivity contribution in [2.45, 2.75) is 30.1 Å². The minimum absolute atomic E-state index is 0.136. The van der Waals surface area contributed by atoms with Gasteiger partial charge in [0.15, 0.2) is 0 Å². The molecule has 0 spiro atoms. The third-order valence-corrected chi connectivity index (χ3v) is 7.94. The van der Waals surface area contributed by atoms with E-state index in [0.717, 1.165) is 10.6 Å². The van der Waals surface area contributed by atoms with Crippen LogP contribution in [0, 0.1) is 0 Å². The molecule has 3 aromatic rings. The molecule has 4 heterocycles. The minimum Gasteiger partial charge on any atom is -0.470 e. The van der Waals surface area contributed by atoms with E-state index in [2.05, 4.69) is 14.9 Å². The summed E-state index contributed by atoms with van der Waals surface area (Å²) in [4.78, 5) is 10.9. The lowest BCUT2D eigenvalue weighted by atomic mass is 10.1. The number of nitrogens with zero attached hydrogens (tertiary/aromatic N) is 4. The van der Waals surface area contributed by atoms with Crippen LogP contribution in [0.3, 0.4) is 0 Å². The van der Waals surface area contributed by atoms with E-state index in [1.165, 1.54) is 0 Å². The molecule has 2 atom stereocenters. The Labute approximate surface area is 173 Å². The summed E-state index contributed by atoms with van der Waals surface area (Å²) in [7, 11) is -3.75. The summed E-state index contributed by atoms with van der Waals surface area (Å²) in [5.41, 5.74) is 0.945. The van der Waals surface area contributed by atoms with E-state index in [1.54, 1.807) is 40.2 Å². The molecule has 0 N–H and O–H groups in total. The molecular formula is C20H20N4O3S2. The summed E-state index contributed by atoms with van der Waals surface area (Å²) in [5, 5.41) is 2.96.